The van der Waals surface area contributed by atoms with Crippen LogP contribution in [0.1, 0.15) is 30.3 Å². The van der Waals surface area contributed by atoms with Gasteiger partial charge in [-0.05, 0) is 63.6 Å². The minimum atomic E-state index is 0.154. The van der Waals surface area contributed by atoms with E-state index in [2.05, 4.69) is 75.8 Å². The molecule has 0 radical (unpaired) electrons. The molecule has 0 unspecified atom stereocenters. The maximum atomic E-state index is 9.51. The van der Waals surface area contributed by atoms with Crippen LogP contribution < -0.4 is 9.80 Å². The Morgan fingerprint density at radius 3 is 2.67 bits per heavy atom. The summed E-state index contributed by atoms with van der Waals surface area (Å²) in [7, 11) is 0. The smallest absolute Gasteiger partial charge is 0.101 e. The third-order valence-electron chi connectivity index (χ3n) is 7.98. The van der Waals surface area contributed by atoms with E-state index in [1.165, 1.54) is 12.1 Å². The molecule has 7 heteroatoms. The second-order valence-electron chi connectivity index (χ2n) is 11.1. The number of nitrogens with zero attached hydrogens (tertiary/aromatic N) is 6. The summed E-state index contributed by atoms with van der Waals surface area (Å²) in [5.41, 5.74) is 6.47. The average molecular weight is 483 g/mol. The summed E-state index contributed by atoms with van der Waals surface area (Å²) >= 11 is 0. The van der Waals surface area contributed by atoms with Gasteiger partial charge in [-0.25, -0.2) is 0 Å². The van der Waals surface area contributed by atoms with E-state index in [1.54, 1.807) is 6.20 Å². The van der Waals surface area contributed by atoms with Gasteiger partial charge in [0.15, 0.2) is 0 Å². The Balaban J connectivity index is 1.11. The first-order valence-corrected chi connectivity index (χ1v) is 13.0. The molecular formula is C29H34N6O. The lowest BCUT2D eigenvalue weighted by Crippen LogP contribution is -2.61. The number of hydrogen-bond acceptors (Lipinski definition) is 7. The van der Waals surface area contributed by atoms with Crippen LogP contribution in [0.4, 0.5) is 11.4 Å². The normalized spacial score (nSPS) is 23.7. The van der Waals surface area contributed by atoms with Crippen molar-refractivity contribution >= 4 is 22.3 Å². The number of morpholine rings is 1. The zero-order chi connectivity index (χ0) is 24.9. The van der Waals surface area contributed by atoms with Crippen LogP contribution in [0.15, 0.2) is 42.6 Å². The molecule has 6 rings (SSSR count). The molecule has 3 fully saturated rings. The summed E-state index contributed by atoms with van der Waals surface area (Å²) in [6.45, 7) is 13.5. The molecule has 3 aromatic rings. The number of aromatic nitrogens is 2. The molecule has 3 aliphatic heterocycles. The van der Waals surface area contributed by atoms with Gasteiger partial charge in [0, 0.05) is 85.6 Å². The first-order valence-electron chi connectivity index (χ1n) is 13.0. The molecule has 1 spiro atoms. The lowest BCUT2D eigenvalue weighted by Gasteiger charge is -2.50. The second-order valence-corrected chi connectivity index (χ2v) is 11.1. The van der Waals surface area contributed by atoms with Gasteiger partial charge >= 0.3 is 0 Å². The Labute approximate surface area is 213 Å². The fraction of sp³-hybridized carbons (Fsp3) is 0.483. The molecule has 3 saturated heterocycles. The first-order chi connectivity index (χ1) is 17.4. The molecule has 0 amide bonds. The minimum Gasteiger partial charge on any atom is -0.371 e. The number of ether oxygens (including phenoxy) is 1. The highest BCUT2D eigenvalue weighted by Gasteiger charge is 2.48. The van der Waals surface area contributed by atoms with Crippen molar-refractivity contribution in [2.45, 2.75) is 39.4 Å². The molecule has 0 bridgehead atoms. The monoisotopic (exact) mass is 482 g/mol. The van der Waals surface area contributed by atoms with Gasteiger partial charge in [-0.15, -0.1) is 0 Å². The standard InChI is InChI=1S/C29H34N6O/c1-20-11-24(12-21(2)32-20)34-10-8-29(19-34)17-33(18-29)15-25-16-35(14-22(3)36-25)27-7-6-23(13-30)28-26(27)5-4-9-31-28/h4-7,9,11-12,22,25H,8,10,14-19H2,1-3H3/t22-,25+/m1/s1. The van der Waals surface area contributed by atoms with Crippen molar-refractivity contribution in [3.8, 4) is 6.07 Å². The van der Waals surface area contributed by atoms with E-state index in [4.69, 9.17) is 4.74 Å². The van der Waals surface area contributed by atoms with E-state index in [-0.39, 0.29) is 12.2 Å². The average Bonchev–Trinajstić information content (AvgIpc) is 3.28. The van der Waals surface area contributed by atoms with Crippen molar-refractivity contribution in [1.82, 2.24) is 14.9 Å². The van der Waals surface area contributed by atoms with Crippen LogP contribution in [0.25, 0.3) is 10.9 Å². The zero-order valence-corrected chi connectivity index (χ0v) is 21.4. The van der Waals surface area contributed by atoms with Gasteiger partial charge in [0.1, 0.15) is 6.07 Å². The molecule has 7 nitrogen and oxygen atoms in total. The van der Waals surface area contributed by atoms with Crippen molar-refractivity contribution in [2.24, 2.45) is 5.41 Å². The molecule has 0 aliphatic carbocycles. The molecule has 3 aliphatic rings. The van der Waals surface area contributed by atoms with Gasteiger partial charge in [0.05, 0.1) is 23.3 Å². The number of hydrogen-bond donors (Lipinski definition) is 0. The highest BCUT2D eigenvalue weighted by molar-refractivity contribution is 5.95. The first kappa shape index (κ1) is 23.2. The molecule has 0 N–H and O–H groups in total. The van der Waals surface area contributed by atoms with E-state index in [0.717, 1.165) is 73.8 Å². The largest absolute Gasteiger partial charge is 0.371 e. The van der Waals surface area contributed by atoms with Crippen LogP contribution in [0.3, 0.4) is 0 Å². The molecule has 0 saturated carbocycles. The number of aryl methyl sites for hydroxylation is 2. The number of benzene rings is 1. The summed E-state index contributed by atoms with van der Waals surface area (Å²) < 4.78 is 6.40. The van der Waals surface area contributed by atoms with Gasteiger partial charge in [-0.1, -0.05) is 0 Å². The second kappa shape index (κ2) is 9.02. The van der Waals surface area contributed by atoms with Crippen LogP contribution >= 0.6 is 0 Å². The minimum absolute atomic E-state index is 0.154. The fourth-order valence-electron chi connectivity index (χ4n) is 6.59. The summed E-state index contributed by atoms with van der Waals surface area (Å²) in [5, 5.41) is 10.6. The predicted molar refractivity (Wildman–Crippen MR) is 142 cm³/mol. The Morgan fingerprint density at radius 2 is 1.89 bits per heavy atom. The van der Waals surface area contributed by atoms with Gasteiger partial charge in [-0.3, -0.25) is 14.9 Å². The van der Waals surface area contributed by atoms with Crippen LogP contribution in [-0.4, -0.2) is 72.9 Å². The van der Waals surface area contributed by atoms with Crippen molar-refractivity contribution in [2.75, 3.05) is 55.6 Å². The van der Waals surface area contributed by atoms with Crippen LogP contribution in [0, 0.1) is 30.6 Å². The number of anilines is 2. The summed E-state index contributed by atoms with van der Waals surface area (Å²) in [4.78, 5) is 16.6. The van der Waals surface area contributed by atoms with Crippen LogP contribution in [0.2, 0.25) is 0 Å². The summed E-state index contributed by atoms with van der Waals surface area (Å²) in [5.74, 6) is 0. The molecule has 2 atom stereocenters. The lowest BCUT2D eigenvalue weighted by atomic mass is 9.79. The van der Waals surface area contributed by atoms with Gasteiger partial charge < -0.3 is 14.5 Å². The van der Waals surface area contributed by atoms with Crippen LogP contribution in [-0.2, 0) is 4.74 Å². The number of likely N-dealkylation sites (tertiary alicyclic amines) is 1. The molecule has 5 heterocycles. The molecule has 186 valence electrons. The molecular weight excluding hydrogens is 448 g/mol. The summed E-state index contributed by atoms with van der Waals surface area (Å²) in [6.07, 6.45) is 3.33. The highest BCUT2D eigenvalue weighted by atomic mass is 16.5. The maximum Gasteiger partial charge on any atom is 0.101 e. The number of rotatable bonds is 4. The van der Waals surface area contributed by atoms with E-state index in [0.29, 0.717) is 11.0 Å². The number of pyridine rings is 2. The molecule has 36 heavy (non-hydrogen) atoms. The quantitative estimate of drug-likeness (QED) is 0.558. The summed E-state index contributed by atoms with van der Waals surface area (Å²) in [6, 6.07) is 14.7. The van der Waals surface area contributed by atoms with Gasteiger partial charge in [0.2, 0.25) is 0 Å². The van der Waals surface area contributed by atoms with E-state index >= 15 is 0 Å². The Kier molecular flexibility index (Phi) is 5.82. The Bertz CT molecular complexity index is 1310. The molecule has 2 aromatic heterocycles. The van der Waals surface area contributed by atoms with Gasteiger partial charge in [-0.2, -0.15) is 5.26 Å². The SMILES string of the molecule is Cc1cc(N2CCC3(CN(C[C@H]4CN(c5ccc(C#N)c6ncccc56)C[C@@H](C)O4)C3)C2)cc(C)n1. The lowest BCUT2D eigenvalue weighted by molar-refractivity contribution is -0.0675. The van der Waals surface area contributed by atoms with E-state index < -0.39 is 0 Å². The number of fused-ring (bicyclic) bond motifs is 1. The Morgan fingerprint density at radius 1 is 1.08 bits per heavy atom. The van der Waals surface area contributed by atoms with Crippen molar-refractivity contribution < 1.29 is 4.74 Å². The highest BCUT2D eigenvalue weighted by Crippen LogP contribution is 2.41. The van der Waals surface area contributed by atoms with Crippen LogP contribution in [0.5, 0.6) is 0 Å². The third kappa shape index (κ3) is 4.29. The van der Waals surface area contributed by atoms with Crippen molar-refractivity contribution in [3.05, 3.63) is 59.5 Å². The van der Waals surface area contributed by atoms with E-state index in [1.807, 2.05) is 12.1 Å². The van der Waals surface area contributed by atoms with Crippen molar-refractivity contribution in [3.63, 3.8) is 0 Å². The van der Waals surface area contributed by atoms with Crippen molar-refractivity contribution in [1.29, 1.82) is 5.26 Å². The maximum absolute atomic E-state index is 9.51. The fourth-order valence-corrected chi connectivity index (χ4v) is 6.59. The molecule has 1 aromatic carbocycles. The van der Waals surface area contributed by atoms with E-state index in [9.17, 15) is 5.26 Å². The number of nitriles is 1. The van der Waals surface area contributed by atoms with Gasteiger partial charge in [0.25, 0.3) is 0 Å². The Hall–Kier alpha value is -3.21. The predicted octanol–water partition coefficient (Wildman–Crippen LogP) is 3.92. The topological polar surface area (TPSA) is 68.5 Å². The third-order valence-corrected chi connectivity index (χ3v) is 7.98. The zero-order valence-electron chi connectivity index (χ0n) is 21.4.